The molecule has 18 heavy (non-hydrogen) atoms. The Morgan fingerprint density at radius 3 is 2.67 bits per heavy atom. The number of nitrogens with one attached hydrogen (secondary N) is 1. The second kappa shape index (κ2) is 6.69. The molecule has 1 aromatic rings. The van der Waals surface area contributed by atoms with E-state index in [2.05, 4.69) is 46.4 Å². The van der Waals surface area contributed by atoms with Crippen LogP contribution in [0, 0.1) is 12.8 Å². The van der Waals surface area contributed by atoms with Gasteiger partial charge in [0.25, 0.3) is 0 Å². The summed E-state index contributed by atoms with van der Waals surface area (Å²) in [6.45, 7) is 4.10. The van der Waals surface area contributed by atoms with Crippen molar-refractivity contribution in [3.8, 4) is 0 Å². The van der Waals surface area contributed by atoms with E-state index < -0.39 is 0 Å². The maximum absolute atomic E-state index is 9.46. The number of hydrogen-bond acceptors (Lipinski definition) is 2. The molecule has 0 spiro atoms. The fourth-order valence-corrected chi connectivity index (χ4v) is 2.94. The van der Waals surface area contributed by atoms with Crippen LogP contribution in [0.15, 0.2) is 22.7 Å². The van der Waals surface area contributed by atoms with Crippen molar-refractivity contribution >= 4 is 15.9 Å². The number of aliphatic hydroxyl groups excluding tert-OH is 1. The summed E-state index contributed by atoms with van der Waals surface area (Å²) in [6.07, 6.45) is 4.22. The van der Waals surface area contributed by atoms with Gasteiger partial charge >= 0.3 is 0 Å². The quantitative estimate of drug-likeness (QED) is 0.893. The van der Waals surface area contributed by atoms with Gasteiger partial charge in [0.1, 0.15) is 0 Å². The molecule has 2 nitrogen and oxygen atoms in total. The Labute approximate surface area is 118 Å². The molecule has 0 atom stereocenters. The van der Waals surface area contributed by atoms with Crippen LogP contribution in [0.3, 0.4) is 0 Å². The SMILES string of the molecule is Cc1ccc(CNCC2CCC(O)CC2)cc1Br. The Bertz CT molecular complexity index is 386. The largest absolute Gasteiger partial charge is 0.393 e. The van der Waals surface area contributed by atoms with E-state index in [1.807, 2.05) is 0 Å². The van der Waals surface area contributed by atoms with Crippen LogP contribution in [0.4, 0.5) is 0 Å². The zero-order valence-electron chi connectivity index (χ0n) is 11.0. The van der Waals surface area contributed by atoms with Crippen LogP contribution in [0.2, 0.25) is 0 Å². The minimum Gasteiger partial charge on any atom is -0.393 e. The topological polar surface area (TPSA) is 32.3 Å². The first kappa shape index (κ1) is 14.0. The minimum atomic E-state index is -0.0469. The molecule has 0 amide bonds. The maximum Gasteiger partial charge on any atom is 0.0540 e. The third kappa shape index (κ3) is 4.08. The van der Waals surface area contributed by atoms with Crippen LogP contribution >= 0.6 is 15.9 Å². The Morgan fingerprint density at radius 2 is 2.00 bits per heavy atom. The summed E-state index contributed by atoms with van der Waals surface area (Å²) in [4.78, 5) is 0. The van der Waals surface area contributed by atoms with Gasteiger partial charge in [-0.3, -0.25) is 0 Å². The van der Waals surface area contributed by atoms with Gasteiger partial charge in [-0.1, -0.05) is 28.1 Å². The van der Waals surface area contributed by atoms with Crippen LogP contribution in [-0.2, 0) is 6.54 Å². The first-order chi connectivity index (χ1) is 8.65. The van der Waals surface area contributed by atoms with E-state index in [4.69, 9.17) is 0 Å². The predicted octanol–water partition coefficient (Wildman–Crippen LogP) is 3.40. The van der Waals surface area contributed by atoms with Gasteiger partial charge in [-0.2, -0.15) is 0 Å². The van der Waals surface area contributed by atoms with Crippen molar-refractivity contribution in [3.05, 3.63) is 33.8 Å². The van der Waals surface area contributed by atoms with Crippen molar-refractivity contribution in [3.63, 3.8) is 0 Å². The third-order valence-electron chi connectivity index (χ3n) is 3.81. The monoisotopic (exact) mass is 311 g/mol. The number of rotatable bonds is 4. The van der Waals surface area contributed by atoms with Gasteiger partial charge in [0.2, 0.25) is 0 Å². The Kier molecular flexibility index (Phi) is 5.22. The molecule has 3 heteroatoms. The molecule has 0 radical (unpaired) electrons. The van der Waals surface area contributed by atoms with Crippen molar-refractivity contribution in [2.45, 2.75) is 45.3 Å². The molecule has 2 rings (SSSR count). The molecule has 1 aromatic carbocycles. The van der Waals surface area contributed by atoms with Gasteiger partial charge in [0, 0.05) is 11.0 Å². The van der Waals surface area contributed by atoms with Crippen molar-refractivity contribution in [2.24, 2.45) is 5.92 Å². The summed E-state index contributed by atoms with van der Waals surface area (Å²) in [5, 5.41) is 13.0. The first-order valence-corrected chi connectivity index (χ1v) is 7.58. The molecular formula is C15H22BrNO. The average Bonchev–Trinajstić information content (AvgIpc) is 2.36. The highest BCUT2D eigenvalue weighted by Crippen LogP contribution is 2.23. The second-order valence-electron chi connectivity index (χ2n) is 5.39. The molecule has 1 aliphatic carbocycles. The van der Waals surface area contributed by atoms with Crippen LogP contribution in [0.1, 0.15) is 36.8 Å². The highest BCUT2D eigenvalue weighted by molar-refractivity contribution is 9.10. The standard InChI is InChI=1S/C15H22BrNO/c1-11-2-3-13(8-15(11)16)10-17-9-12-4-6-14(18)7-5-12/h2-3,8,12,14,17-18H,4-7,9-10H2,1H3. The molecule has 0 bridgehead atoms. The Morgan fingerprint density at radius 1 is 1.28 bits per heavy atom. The molecule has 100 valence electrons. The van der Waals surface area contributed by atoms with E-state index in [9.17, 15) is 5.11 Å². The fourth-order valence-electron chi connectivity index (χ4n) is 2.52. The van der Waals surface area contributed by atoms with Crippen molar-refractivity contribution < 1.29 is 5.11 Å². The summed E-state index contributed by atoms with van der Waals surface area (Å²) in [5.74, 6) is 0.738. The lowest BCUT2D eigenvalue weighted by Gasteiger charge is -2.25. The van der Waals surface area contributed by atoms with Gasteiger partial charge in [0.15, 0.2) is 0 Å². The molecule has 0 heterocycles. The summed E-state index contributed by atoms with van der Waals surface area (Å²) in [5.41, 5.74) is 2.60. The van der Waals surface area contributed by atoms with Crippen molar-refractivity contribution in [1.82, 2.24) is 5.32 Å². The molecule has 1 aliphatic rings. The number of halogens is 1. The molecule has 0 aromatic heterocycles. The van der Waals surface area contributed by atoms with Gasteiger partial charge < -0.3 is 10.4 Å². The molecule has 2 N–H and O–H groups in total. The van der Waals surface area contributed by atoms with Crippen LogP contribution in [0.5, 0.6) is 0 Å². The first-order valence-electron chi connectivity index (χ1n) is 6.79. The number of hydrogen-bond donors (Lipinski definition) is 2. The zero-order chi connectivity index (χ0) is 13.0. The zero-order valence-corrected chi connectivity index (χ0v) is 12.5. The summed E-state index contributed by atoms with van der Waals surface area (Å²) >= 11 is 3.57. The van der Waals surface area contributed by atoms with Gasteiger partial charge in [-0.15, -0.1) is 0 Å². The minimum absolute atomic E-state index is 0.0469. The van der Waals surface area contributed by atoms with E-state index >= 15 is 0 Å². The predicted molar refractivity (Wildman–Crippen MR) is 78.6 cm³/mol. The van der Waals surface area contributed by atoms with E-state index in [0.717, 1.165) is 44.7 Å². The third-order valence-corrected chi connectivity index (χ3v) is 4.67. The normalized spacial score (nSPS) is 24.2. The number of aliphatic hydroxyl groups is 1. The van der Waals surface area contributed by atoms with Crippen molar-refractivity contribution in [2.75, 3.05) is 6.54 Å². The highest BCUT2D eigenvalue weighted by atomic mass is 79.9. The fraction of sp³-hybridized carbons (Fsp3) is 0.600. The van der Waals surface area contributed by atoms with Gasteiger partial charge in [-0.05, 0) is 62.3 Å². The lowest BCUT2D eigenvalue weighted by molar-refractivity contribution is 0.108. The maximum atomic E-state index is 9.46. The smallest absolute Gasteiger partial charge is 0.0540 e. The van der Waals surface area contributed by atoms with E-state index in [1.165, 1.54) is 15.6 Å². The average molecular weight is 312 g/mol. The van der Waals surface area contributed by atoms with E-state index in [0.29, 0.717) is 0 Å². The number of benzene rings is 1. The van der Waals surface area contributed by atoms with Crippen LogP contribution in [-0.4, -0.2) is 17.8 Å². The lowest BCUT2D eigenvalue weighted by Crippen LogP contribution is -2.27. The van der Waals surface area contributed by atoms with E-state index in [-0.39, 0.29) is 6.10 Å². The second-order valence-corrected chi connectivity index (χ2v) is 6.24. The molecule has 0 unspecified atom stereocenters. The van der Waals surface area contributed by atoms with Gasteiger partial charge in [-0.25, -0.2) is 0 Å². The molecule has 0 saturated heterocycles. The summed E-state index contributed by atoms with van der Waals surface area (Å²) < 4.78 is 1.18. The molecular weight excluding hydrogens is 290 g/mol. The Balaban J connectivity index is 1.73. The van der Waals surface area contributed by atoms with Crippen LogP contribution < -0.4 is 5.32 Å². The summed E-state index contributed by atoms with van der Waals surface area (Å²) in [6, 6.07) is 6.52. The number of aryl methyl sites for hydroxylation is 1. The lowest BCUT2D eigenvalue weighted by atomic mass is 9.87. The van der Waals surface area contributed by atoms with Gasteiger partial charge in [0.05, 0.1) is 6.10 Å². The Hall–Kier alpha value is -0.380. The van der Waals surface area contributed by atoms with Crippen LogP contribution in [0.25, 0.3) is 0 Å². The molecule has 0 aliphatic heterocycles. The highest BCUT2D eigenvalue weighted by Gasteiger charge is 2.18. The van der Waals surface area contributed by atoms with Crippen molar-refractivity contribution in [1.29, 1.82) is 0 Å². The molecule has 1 fully saturated rings. The van der Waals surface area contributed by atoms with E-state index in [1.54, 1.807) is 0 Å². The molecule has 1 saturated carbocycles. The summed E-state index contributed by atoms with van der Waals surface area (Å²) in [7, 11) is 0.